The van der Waals surface area contributed by atoms with E-state index in [1.165, 1.54) is 18.6 Å². The molecule has 1 fully saturated rings. The Morgan fingerprint density at radius 3 is 2.94 bits per heavy atom. The second-order valence-electron chi connectivity index (χ2n) is 4.52. The quantitative estimate of drug-likeness (QED) is 0.493. The first-order valence-corrected chi connectivity index (χ1v) is 7.55. The van der Waals surface area contributed by atoms with E-state index in [4.69, 9.17) is 5.11 Å². The predicted octanol–water partition coefficient (Wildman–Crippen LogP) is 1.07. The fraction of sp³-hybridized carbons (Fsp3) is 0.917. The average molecular weight is 259 g/mol. The zero-order valence-corrected chi connectivity index (χ0v) is 11.7. The SMILES string of the molecule is CCNC(=NCC(C)CO)NCC1CCCS1. The number of rotatable bonds is 6. The highest BCUT2D eigenvalue weighted by atomic mass is 32.2. The number of nitrogens with one attached hydrogen (secondary N) is 2. The van der Waals surface area contributed by atoms with Crippen LogP contribution >= 0.6 is 11.8 Å². The number of hydrogen-bond acceptors (Lipinski definition) is 3. The third kappa shape index (κ3) is 6.17. The largest absolute Gasteiger partial charge is 0.396 e. The van der Waals surface area contributed by atoms with Gasteiger partial charge in [0.25, 0.3) is 0 Å². The molecular formula is C12H25N3OS. The molecule has 3 N–H and O–H groups in total. The van der Waals surface area contributed by atoms with Gasteiger partial charge in [-0.15, -0.1) is 0 Å². The molecule has 1 saturated heterocycles. The lowest BCUT2D eigenvalue weighted by atomic mass is 10.2. The van der Waals surface area contributed by atoms with Crippen molar-refractivity contribution >= 4 is 17.7 Å². The van der Waals surface area contributed by atoms with Crippen molar-refractivity contribution in [3.63, 3.8) is 0 Å². The Labute approximate surface area is 109 Å². The zero-order chi connectivity index (χ0) is 12.5. The van der Waals surface area contributed by atoms with Gasteiger partial charge in [0.15, 0.2) is 5.96 Å². The molecule has 1 aliphatic rings. The number of nitrogens with zero attached hydrogens (tertiary/aromatic N) is 1. The first-order chi connectivity index (χ1) is 8.26. The van der Waals surface area contributed by atoms with E-state index >= 15 is 0 Å². The van der Waals surface area contributed by atoms with E-state index in [2.05, 4.69) is 22.5 Å². The highest BCUT2D eigenvalue weighted by molar-refractivity contribution is 8.00. The van der Waals surface area contributed by atoms with Crippen LogP contribution in [0.4, 0.5) is 0 Å². The highest BCUT2D eigenvalue weighted by Gasteiger charge is 2.15. The number of aliphatic hydroxyl groups is 1. The van der Waals surface area contributed by atoms with Crippen molar-refractivity contribution in [2.75, 3.05) is 32.0 Å². The summed E-state index contributed by atoms with van der Waals surface area (Å²) in [4.78, 5) is 4.47. The average Bonchev–Trinajstić information content (AvgIpc) is 2.85. The van der Waals surface area contributed by atoms with Crippen LogP contribution in [0.5, 0.6) is 0 Å². The number of thioether (sulfide) groups is 1. The lowest BCUT2D eigenvalue weighted by molar-refractivity contribution is 0.241. The zero-order valence-electron chi connectivity index (χ0n) is 10.9. The van der Waals surface area contributed by atoms with Gasteiger partial charge in [-0.2, -0.15) is 11.8 Å². The maximum Gasteiger partial charge on any atom is 0.191 e. The normalized spacial score (nSPS) is 22.5. The molecule has 0 aromatic heterocycles. The summed E-state index contributed by atoms with van der Waals surface area (Å²) in [5.74, 6) is 2.40. The maximum absolute atomic E-state index is 8.97. The first kappa shape index (κ1) is 14.6. The molecule has 2 unspecified atom stereocenters. The van der Waals surface area contributed by atoms with E-state index in [0.717, 1.165) is 24.3 Å². The van der Waals surface area contributed by atoms with Gasteiger partial charge in [-0.25, -0.2) is 0 Å². The first-order valence-electron chi connectivity index (χ1n) is 6.50. The molecule has 5 heteroatoms. The van der Waals surface area contributed by atoms with E-state index < -0.39 is 0 Å². The fourth-order valence-electron chi connectivity index (χ4n) is 1.66. The second-order valence-corrected chi connectivity index (χ2v) is 5.93. The molecule has 0 aromatic carbocycles. The Bertz CT molecular complexity index is 230. The van der Waals surface area contributed by atoms with Gasteiger partial charge in [0, 0.05) is 31.5 Å². The van der Waals surface area contributed by atoms with E-state index in [0.29, 0.717) is 6.54 Å². The molecule has 0 saturated carbocycles. The van der Waals surface area contributed by atoms with Crippen LogP contribution in [0.15, 0.2) is 4.99 Å². The molecule has 2 atom stereocenters. The maximum atomic E-state index is 8.97. The fourth-order valence-corrected chi connectivity index (χ4v) is 2.86. The summed E-state index contributed by atoms with van der Waals surface area (Å²) in [6.45, 7) is 6.79. The molecule has 0 aliphatic carbocycles. The van der Waals surface area contributed by atoms with Crippen LogP contribution in [0.1, 0.15) is 26.7 Å². The number of aliphatic imine (C=N–C) groups is 1. The lowest BCUT2D eigenvalue weighted by Crippen LogP contribution is -2.40. The van der Waals surface area contributed by atoms with Crippen molar-refractivity contribution < 1.29 is 5.11 Å². The van der Waals surface area contributed by atoms with Crippen LogP contribution < -0.4 is 10.6 Å². The van der Waals surface area contributed by atoms with Gasteiger partial charge in [-0.3, -0.25) is 4.99 Å². The van der Waals surface area contributed by atoms with Gasteiger partial charge in [-0.05, 0) is 31.4 Å². The minimum absolute atomic E-state index is 0.196. The van der Waals surface area contributed by atoms with Crippen molar-refractivity contribution in [1.82, 2.24) is 10.6 Å². The third-order valence-electron chi connectivity index (χ3n) is 2.74. The highest BCUT2D eigenvalue weighted by Crippen LogP contribution is 2.25. The molecule has 0 bridgehead atoms. The molecule has 0 radical (unpaired) electrons. The van der Waals surface area contributed by atoms with Gasteiger partial charge in [0.05, 0.1) is 0 Å². The summed E-state index contributed by atoms with van der Waals surface area (Å²) in [5, 5.41) is 16.3. The Balaban J connectivity index is 2.30. The monoisotopic (exact) mass is 259 g/mol. The van der Waals surface area contributed by atoms with E-state index in [9.17, 15) is 0 Å². The molecule has 0 amide bonds. The van der Waals surface area contributed by atoms with Gasteiger partial charge < -0.3 is 15.7 Å². The molecule has 4 nitrogen and oxygen atoms in total. The topological polar surface area (TPSA) is 56.7 Å². The van der Waals surface area contributed by atoms with Gasteiger partial charge in [0.1, 0.15) is 0 Å². The smallest absolute Gasteiger partial charge is 0.191 e. The van der Waals surface area contributed by atoms with Gasteiger partial charge >= 0.3 is 0 Å². The van der Waals surface area contributed by atoms with Crippen LogP contribution in [0.2, 0.25) is 0 Å². The molecular weight excluding hydrogens is 234 g/mol. The van der Waals surface area contributed by atoms with Crippen LogP contribution in [0, 0.1) is 5.92 Å². The number of hydrogen-bond donors (Lipinski definition) is 3. The molecule has 0 aromatic rings. The number of aliphatic hydroxyl groups excluding tert-OH is 1. The number of guanidine groups is 1. The molecule has 17 heavy (non-hydrogen) atoms. The predicted molar refractivity (Wildman–Crippen MR) is 75.7 cm³/mol. The third-order valence-corrected chi connectivity index (χ3v) is 4.14. The van der Waals surface area contributed by atoms with E-state index in [-0.39, 0.29) is 12.5 Å². The molecule has 0 spiro atoms. The Hall–Kier alpha value is -0.420. The van der Waals surface area contributed by atoms with Crippen LogP contribution in [-0.4, -0.2) is 48.3 Å². The van der Waals surface area contributed by atoms with Crippen LogP contribution in [0.25, 0.3) is 0 Å². The van der Waals surface area contributed by atoms with Crippen LogP contribution in [-0.2, 0) is 0 Å². The van der Waals surface area contributed by atoms with Crippen LogP contribution in [0.3, 0.4) is 0 Å². The van der Waals surface area contributed by atoms with Crippen molar-refractivity contribution in [2.45, 2.75) is 31.9 Å². The minimum atomic E-state index is 0.196. The summed E-state index contributed by atoms with van der Waals surface area (Å²) >= 11 is 2.05. The lowest BCUT2D eigenvalue weighted by Gasteiger charge is -2.15. The van der Waals surface area contributed by atoms with Crippen molar-refractivity contribution in [3.8, 4) is 0 Å². The molecule has 100 valence electrons. The standard InChI is InChI=1S/C12H25N3OS/c1-3-13-12(14-7-10(2)9-16)15-8-11-5-4-6-17-11/h10-11,16H,3-9H2,1-2H3,(H2,13,14,15). The van der Waals surface area contributed by atoms with E-state index in [1.807, 2.05) is 18.7 Å². The van der Waals surface area contributed by atoms with E-state index in [1.54, 1.807) is 0 Å². The Morgan fingerprint density at radius 1 is 1.53 bits per heavy atom. The summed E-state index contributed by atoms with van der Waals surface area (Å²) < 4.78 is 0. The Morgan fingerprint density at radius 2 is 2.35 bits per heavy atom. The van der Waals surface area contributed by atoms with Crippen molar-refractivity contribution in [2.24, 2.45) is 10.9 Å². The minimum Gasteiger partial charge on any atom is -0.396 e. The summed E-state index contributed by atoms with van der Waals surface area (Å²) in [6, 6.07) is 0. The van der Waals surface area contributed by atoms with Gasteiger partial charge in [0.2, 0.25) is 0 Å². The van der Waals surface area contributed by atoms with Gasteiger partial charge in [-0.1, -0.05) is 6.92 Å². The Kier molecular flexibility index (Phi) is 7.44. The molecule has 1 heterocycles. The van der Waals surface area contributed by atoms with Crippen molar-refractivity contribution in [3.05, 3.63) is 0 Å². The van der Waals surface area contributed by atoms with Crippen molar-refractivity contribution in [1.29, 1.82) is 0 Å². The summed E-state index contributed by atoms with van der Waals surface area (Å²) in [7, 11) is 0. The summed E-state index contributed by atoms with van der Waals surface area (Å²) in [5.41, 5.74) is 0. The second kappa shape index (κ2) is 8.64. The molecule has 1 aliphatic heterocycles. The summed E-state index contributed by atoms with van der Waals surface area (Å²) in [6.07, 6.45) is 2.65. The molecule has 1 rings (SSSR count).